The minimum Gasteiger partial charge on any atom is -0.465 e. The van der Waals surface area contributed by atoms with Crippen LogP contribution in [0.1, 0.15) is 13.3 Å². The highest BCUT2D eigenvalue weighted by atomic mass is 19.4. The molecule has 0 heterocycles. The van der Waals surface area contributed by atoms with Crippen molar-refractivity contribution in [2.24, 2.45) is 5.73 Å². The van der Waals surface area contributed by atoms with Gasteiger partial charge in [0.2, 0.25) is 0 Å². The molecule has 0 aromatic heterocycles. The van der Waals surface area contributed by atoms with E-state index >= 15 is 0 Å². The van der Waals surface area contributed by atoms with E-state index in [9.17, 15) is 18.0 Å². The number of carbonyl (C=O) groups excluding carboxylic acids is 1. The summed E-state index contributed by atoms with van der Waals surface area (Å²) in [6.07, 6.45) is -5.77. The van der Waals surface area contributed by atoms with Crippen molar-refractivity contribution in [3.63, 3.8) is 0 Å². The predicted molar refractivity (Wildman–Crippen MR) is 35.3 cm³/mol. The monoisotopic (exact) mass is 185 g/mol. The lowest BCUT2D eigenvalue weighted by atomic mass is 10.2. The van der Waals surface area contributed by atoms with Crippen LogP contribution in [-0.4, -0.2) is 24.8 Å². The van der Waals surface area contributed by atoms with Crippen LogP contribution in [-0.2, 0) is 9.53 Å². The predicted octanol–water partition coefficient (Wildman–Crippen LogP) is 0.829. The standard InChI is InChI=1S/C6H10F3NO2/c1-2-12-5(11)4(10)3-6(7,8)9/h4H,2-3,10H2,1H3. The van der Waals surface area contributed by atoms with E-state index in [-0.39, 0.29) is 6.61 Å². The highest BCUT2D eigenvalue weighted by Gasteiger charge is 2.33. The fourth-order valence-electron chi connectivity index (χ4n) is 0.582. The SMILES string of the molecule is CCOC(=O)C(N)CC(F)(F)F. The fourth-order valence-corrected chi connectivity index (χ4v) is 0.582. The molecular formula is C6H10F3NO2. The van der Waals surface area contributed by atoms with Gasteiger partial charge in [0, 0.05) is 0 Å². The molecule has 2 N–H and O–H groups in total. The number of rotatable bonds is 3. The molecular weight excluding hydrogens is 175 g/mol. The zero-order chi connectivity index (χ0) is 9.78. The van der Waals surface area contributed by atoms with Crippen molar-refractivity contribution in [2.75, 3.05) is 6.61 Å². The van der Waals surface area contributed by atoms with Gasteiger partial charge in [0.05, 0.1) is 13.0 Å². The minimum atomic E-state index is -4.42. The zero-order valence-corrected chi connectivity index (χ0v) is 6.52. The molecule has 12 heavy (non-hydrogen) atoms. The molecule has 0 aromatic carbocycles. The number of ether oxygens (including phenoxy) is 1. The molecule has 3 nitrogen and oxygen atoms in total. The fraction of sp³-hybridized carbons (Fsp3) is 0.833. The molecule has 0 amide bonds. The van der Waals surface area contributed by atoms with E-state index < -0.39 is 24.6 Å². The summed E-state index contributed by atoms with van der Waals surface area (Å²) >= 11 is 0. The van der Waals surface area contributed by atoms with Gasteiger partial charge in [-0.3, -0.25) is 4.79 Å². The summed E-state index contributed by atoms with van der Waals surface area (Å²) in [6.45, 7) is 1.53. The summed E-state index contributed by atoms with van der Waals surface area (Å²) < 4.78 is 39.1. The first-order valence-corrected chi connectivity index (χ1v) is 3.35. The normalized spacial score (nSPS) is 14.1. The van der Waals surface area contributed by atoms with Gasteiger partial charge in [-0.05, 0) is 6.92 Å². The lowest BCUT2D eigenvalue weighted by molar-refractivity contribution is -0.160. The van der Waals surface area contributed by atoms with Crippen LogP contribution in [0.4, 0.5) is 13.2 Å². The Balaban J connectivity index is 3.87. The molecule has 0 fully saturated rings. The van der Waals surface area contributed by atoms with E-state index in [1.54, 1.807) is 0 Å². The van der Waals surface area contributed by atoms with Gasteiger partial charge < -0.3 is 10.5 Å². The van der Waals surface area contributed by atoms with Crippen LogP contribution in [0.2, 0.25) is 0 Å². The minimum absolute atomic E-state index is 0.0321. The van der Waals surface area contributed by atoms with Crippen LogP contribution < -0.4 is 5.73 Å². The number of halogens is 3. The van der Waals surface area contributed by atoms with E-state index in [2.05, 4.69) is 4.74 Å². The summed E-state index contributed by atoms with van der Waals surface area (Å²) in [5, 5.41) is 0. The van der Waals surface area contributed by atoms with E-state index in [1.807, 2.05) is 0 Å². The first-order valence-electron chi connectivity index (χ1n) is 3.35. The molecule has 0 aliphatic rings. The summed E-state index contributed by atoms with van der Waals surface area (Å²) in [7, 11) is 0. The number of hydrogen-bond acceptors (Lipinski definition) is 3. The third-order valence-corrected chi connectivity index (χ3v) is 1.04. The number of nitrogens with two attached hydrogens (primary N) is 1. The Morgan fingerprint density at radius 1 is 1.58 bits per heavy atom. The maximum atomic E-state index is 11.6. The van der Waals surface area contributed by atoms with Crippen molar-refractivity contribution in [3.05, 3.63) is 0 Å². The summed E-state index contributed by atoms with van der Waals surface area (Å²) in [5.74, 6) is -1.02. The van der Waals surface area contributed by atoms with Crippen LogP contribution in [0.5, 0.6) is 0 Å². The van der Waals surface area contributed by atoms with E-state index in [0.717, 1.165) is 0 Å². The first kappa shape index (κ1) is 11.2. The topological polar surface area (TPSA) is 52.3 Å². The van der Waals surface area contributed by atoms with Crippen LogP contribution in [0.15, 0.2) is 0 Å². The molecule has 0 radical (unpaired) electrons. The molecule has 0 rings (SSSR count). The van der Waals surface area contributed by atoms with Crippen molar-refractivity contribution in [1.29, 1.82) is 0 Å². The molecule has 0 saturated carbocycles. The molecule has 72 valence electrons. The van der Waals surface area contributed by atoms with Gasteiger partial charge in [-0.2, -0.15) is 13.2 Å². The van der Waals surface area contributed by atoms with Crippen LogP contribution in [0.3, 0.4) is 0 Å². The molecule has 0 spiro atoms. The third-order valence-electron chi connectivity index (χ3n) is 1.04. The average Bonchev–Trinajstić information content (AvgIpc) is 1.84. The van der Waals surface area contributed by atoms with Crippen LogP contribution in [0, 0.1) is 0 Å². The van der Waals surface area contributed by atoms with Crippen molar-refractivity contribution in [3.8, 4) is 0 Å². The molecule has 0 bridgehead atoms. The smallest absolute Gasteiger partial charge is 0.391 e. The van der Waals surface area contributed by atoms with Crippen molar-refractivity contribution < 1.29 is 22.7 Å². The zero-order valence-electron chi connectivity index (χ0n) is 6.52. The second-order valence-corrected chi connectivity index (χ2v) is 2.18. The number of alkyl halides is 3. The lowest BCUT2D eigenvalue weighted by Gasteiger charge is -2.12. The van der Waals surface area contributed by atoms with Crippen molar-refractivity contribution in [2.45, 2.75) is 25.6 Å². The van der Waals surface area contributed by atoms with Gasteiger partial charge in [0.15, 0.2) is 0 Å². The van der Waals surface area contributed by atoms with Gasteiger partial charge in [-0.15, -0.1) is 0 Å². The molecule has 0 aliphatic heterocycles. The highest BCUT2D eigenvalue weighted by molar-refractivity contribution is 5.75. The van der Waals surface area contributed by atoms with E-state index in [0.29, 0.717) is 0 Å². The van der Waals surface area contributed by atoms with Gasteiger partial charge >= 0.3 is 12.1 Å². The summed E-state index contributed by atoms with van der Waals surface area (Å²) in [4.78, 5) is 10.6. The Labute approximate surface area is 67.7 Å². The van der Waals surface area contributed by atoms with Crippen molar-refractivity contribution in [1.82, 2.24) is 0 Å². The number of carbonyl (C=O) groups is 1. The van der Waals surface area contributed by atoms with Crippen LogP contribution in [0.25, 0.3) is 0 Å². The Hall–Kier alpha value is -0.780. The molecule has 1 unspecified atom stereocenters. The molecule has 1 atom stereocenters. The Morgan fingerprint density at radius 3 is 2.42 bits per heavy atom. The molecule has 0 aromatic rings. The largest absolute Gasteiger partial charge is 0.465 e. The second kappa shape index (κ2) is 4.30. The summed E-state index contributed by atoms with van der Waals surface area (Å²) in [5.41, 5.74) is 4.89. The molecule has 6 heteroatoms. The maximum absolute atomic E-state index is 11.6. The van der Waals surface area contributed by atoms with Gasteiger partial charge in [0.1, 0.15) is 6.04 Å². The highest BCUT2D eigenvalue weighted by Crippen LogP contribution is 2.20. The summed E-state index contributed by atoms with van der Waals surface area (Å²) in [6, 6.07) is -1.61. The number of esters is 1. The first-order chi connectivity index (χ1) is 5.37. The maximum Gasteiger partial charge on any atom is 0.391 e. The van der Waals surface area contributed by atoms with E-state index in [4.69, 9.17) is 5.73 Å². The Morgan fingerprint density at radius 2 is 2.08 bits per heavy atom. The molecule has 0 aliphatic carbocycles. The lowest BCUT2D eigenvalue weighted by Crippen LogP contribution is -2.36. The van der Waals surface area contributed by atoms with Crippen molar-refractivity contribution >= 4 is 5.97 Å². The van der Waals surface area contributed by atoms with Gasteiger partial charge in [-0.25, -0.2) is 0 Å². The second-order valence-electron chi connectivity index (χ2n) is 2.18. The van der Waals surface area contributed by atoms with Gasteiger partial charge in [-0.1, -0.05) is 0 Å². The third kappa shape index (κ3) is 4.95. The number of hydrogen-bond donors (Lipinski definition) is 1. The van der Waals surface area contributed by atoms with Crippen LogP contribution >= 0.6 is 0 Å². The van der Waals surface area contributed by atoms with Gasteiger partial charge in [0.25, 0.3) is 0 Å². The Bertz CT molecular complexity index is 157. The average molecular weight is 185 g/mol. The van der Waals surface area contributed by atoms with E-state index in [1.165, 1.54) is 6.92 Å². The molecule has 0 saturated heterocycles. The quantitative estimate of drug-likeness (QED) is 0.662. The Kier molecular flexibility index (Phi) is 4.02.